The summed E-state index contributed by atoms with van der Waals surface area (Å²) in [4.78, 5) is 16.4. The lowest BCUT2D eigenvalue weighted by Gasteiger charge is -2.05. The van der Waals surface area contributed by atoms with Crippen molar-refractivity contribution in [2.24, 2.45) is 0 Å². The molecule has 1 aromatic carbocycles. The Balaban J connectivity index is 2.10. The van der Waals surface area contributed by atoms with Gasteiger partial charge < -0.3 is 0 Å². The SMILES string of the molecule is Cc1ccc(-n2[nH]c(-c3ccccn3)cc2=O)cc1C. The van der Waals surface area contributed by atoms with E-state index >= 15 is 0 Å². The molecule has 0 aliphatic rings. The summed E-state index contributed by atoms with van der Waals surface area (Å²) in [5.74, 6) is 0. The fourth-order valence-electron chi connectivity index (χ4n) is 2.11. The Morgan fingerprint density at radius 2 is 1.90 bits per heavy atom. The van der Waals surface area contributed by atoms with Crippen molar-refractivity contribution in [2.75, 3.05) is 0 Å². The molecule has 0 bridgehead atoms. The first kappa shape index (κ1) is 12.4. The van der Waals surface area contributed by atoms with Crippen LogP contribution < -0.4 is 5.56 Å². The molecular weight excluding hydrogens is 250 g/mol. The van der Waals surface area contributed by atoms with Crippen LogP contribution in [0.3, 0.4) is 0 Å². The lowest BCUT2D eigenvalue weighted by molar-refractivity contribution is 0.849. The van der Waals surface area contributed by atoms with E-state index in [0.717, 1.165) is 16.9 Å². The maximum Gasteiger partial charge on any atom is 0.271 e. The summed E-state index contributed by atoms with van der Waals surface area (Å²) >= 11 is 0. The van der Waals surface area contributed by atoms with Gasteiger partial charge in [-0.1, -0.05) is 12.1 Å². The molecule has 0 aliphatic heterocycles. The zero-order valence-corrected chi connectivity index (χ0v) is 11.4. The number of aryl methyl sites for hydroxylation is 2. The zero-order chi connectivity index (χ0) is 14.1. The van der Waals surface area contributed by atoms with Crippen LogP contribution in [-0.2, 0) is 0 Å². The third-order valence-corrected chi connectivity index (χ3v) is 3.41. The maximum absolute atomic E-state index is 12.1. The smallest absolute Gasteiger partial charge is 0.271 e. The Kier molecular flexibility index (Phi) is 2.99. The van der Waals surface area contributed by atoms with E-state index in [9.17, 15) is 4.79 Å². The molecule has 20 heavy (non-hydrogen) atoms. The van der Waals surface area contributed by atoms with E-state index < -0.39 is 0 Å². The van der Waals surface area contributed by atoms with Crippen LogP contribution in [0.1, 0.15) is 11.1 Å². The third-order valence-electron chi connectivity index (χ3n) is 3.41. The molecule has 3 aromatic rings. The number of aromatic nitrogens is 3. The molecule has 3 rings (SSSR count). The van der Waals surface area contributed by atoms with Crippen LogP contribution in [0.2, 0.25) is 0 Å². The van der Waals surface area contributed by atoms with Crippen molar-refractivity contribution in [3.05, 3.63) is 70.1 Å². The van der Waals surface area contributed by atoms with Gasteiger partial charge in [-0.15, -0.1) is 0 Å². The molecule has 1 N–H and O–H groups in total. The van der Waals surface area contributed by atoms with Gasteiger partial charge in [-0.05, 0) is 49.2 Å². The third kappa shape index (κ3) is 2.16. The molecule has 0 aliphatic carbocycles. The normalized spacial score (nSPS) is 10.7. The minimum atomic E-state index is -0.0890. The summed E-state index contributed by atoms with van der Waals surface area (Å²) in [7, 11) is 0. The van der Waals surface area contributed by atoms with Crippen molar-refractivity contribution >= 4 is 0 Å². The molecule has 4 nitrogen and oxygen atoms in total. The van der Waals surface area contributed by atoms with Crippen LogP contribution >= 0.6 is 0 Å². The Bertz CT molecular complexity index is 800. The summed E-state index contributed by atoms with van der Waals surface area (Å²) in [5.41, 5.74) is 4.58. The van der Waals surface area contributed by atoms with Crippen LogP contribution in [0, 0.1) is 13.8 Å². The number of hydrogen-bond donors (Lipinski definition) is 1. The van der Waals surface area contributed by atoms with Gasteiger partial charge in [-0.2, -0.15) is 0 Å². The van der Waals surface area contributed by atoms with Crippen LogP contribution in [0.25, 0.3) is 17.1 Å². The van der Waals surface area contributed by atoms with Crippen molar-refractivity contribution in [1.82, 2.24) is 14.8 Å². The first-order valence-electron chi connectivity index (χ1n) is 6.46. The predicted molar refractivity (Wildman–Crippen MR) is 79.1 cm³/mol. The highest BCUT2D eigenvalue weighted by Crippen LogP contribution is 2.15. The van der Waals surface area contributed by atoms with Crippen molar-refractivity contribution in [3.8, 4) is 17.1 Å². The van der Waals surface area contributed by atoms with Crippen LogP contribution in [-0.4, -0.2) is 14.8 Å². The molecule has 2 heterocycles. The number of benzene rings is 1. The quantitative estimate of drug-likeness (QED) is 0.774. The topological polar surface area (TPSA) is 50.7 Å². The van der Waals surface area contributed by atoms with Gasteiger partial charge in [-0.25, -0.2) is 4.68 Å². The Morgan fingerprint density at radius 1 is 1.05 bits per heavy atom. The minimum Gasteiger partial charge on any atom is -0.289 e. The van der Waals surface area contributed by atoms with E-state index in [1.807, 2.05) is 43.3 Å². The van der Waals surface area contributed by atoms with Crippen molar-refractivity contribution < 1.29 is 0 Å². The van der Waals surface area contributed by atoms with Crippen molar-refractivity contribution in [3.63, 3.8) is 0 Å². The Labute approximate surface area is 116 Å². The number of nitrogens with one attached hydrogen (secondary N) is 1. The molecule has 0 saturated carbocycles. The van der Waals surface area contributed by atoms with Gasteiger partial charge in [0.2, 0.25) is 0 Å². The van der Waals surface area contributed by atoms with Gasteiger partial charge >= 0.3 is 0 Å². The molecular formula is C16H15N3O. The molecule has 0 spiro atoms. The van der Waals surface area contributed by atoms with E-state index in [2.05, 4.69) is 17.0 Å². The summed E-state index contributed by atoms with van der Waals surface area (Å²) in [6.07, 6.45) is 1.71. The van der Waals surface area contributed by atoms with Gasteiger partial charge in [0.1, 0.15) is 0 Å². The number of nitrogens with zero attached hydrogens (tertiary/aromatic N) is 2. The van der Waals surface area contributed by atoms with Gasteiger partial charge in [-0.3, -0.25) is 14.9 Å². The average molecular weight is 265 g/mol. The number of aromatic amines is 1. The largest absolute Gasteiger partial charge is 0.289 e. The first-order valence-corrected chi connectivity index (χ1v) is 6.46. The number of rotatable bonds is 2. The fourth-order valence-corrected chi connectivity index (χ4v) is 2.11. The van der Waals surface area contributed by atoms with Crippen LogP contribution in [0.4, 0.5) is 0 Å². The molecule has 0 atom stereocenters. The highest BCUT2D eigenvalue weighted by molar-refractivity contribution is 5.53. The summed E-state index contributed by atoms with van der Waals surface area (Å²) in [5, 5.41) is 3.10. The van der Waals surface area contributed by atoms with E-state index in [1.54, 1.807) is 12.3 Å². The average Bonchev–Trinajstić information content (AvgIpc) is 2.85. The zero-order valence-electron chi connectivity index (χ0n) is 11.4. The van der Waals surface area contributed by atoms with Gasteiger partial charge in [0.15, 0.2) is 0 Å². The van der Waals surface area contributed by atoms with Crippen LogP contribution in [0.5, 0.6) is 0 Å². The lowest BCUT2D eigenvalue weighted by Crippen LogP contribution is -2.13. The minimum absolute atomic E-state index is 0.0890. The fraction of sp³-hybridized carbons (Fsp3) is 0.125. The molecule has 0 unspecified atom stereocenters. The highest BCUT2D eigenvalue weighted by atomic mass is 16.1. The predicted octanol–water partition coefficient (Wildman–Crippen LogP) is 2.84. The molecule has 0 radical (unpaired) electrons. The summed E-state index contributed by atoms with van der Waals surface area (Å²) in [6, 6.07) is 13.1. The maximum atomic E-state index is 12.1. The second-order valence-electron chi connectivity index (χ2n) is 4.83. The second-order valence-corrected chi connectivity index (χ2v) is 4.83. The van der Waals surface area contributed by atoms with E-state index in [4.69, 9.17) is 0 Å². The summed E-state index contributed by atoms with van der Waals surface area (Å²) in [6.45, 7) is 4.09. The monoisotopic (exact) mass is 265 g/mol. The second kappa shape index (κ2) is 4.81. The first-order chi connectivity index (χ1) is 9.65. The number of pyridine rings is 1. The standard InChI is InChI=1S/C16H15N3O/c1-11-6-7-13(9-12(11)2)19-16(20)10-15(18-19)14-5-3-4-8-17-14/h3-10,18H,1-2H3. The summed E-state index contributed by atoms with van der Waals surface area (Å²) < 4.78 is 1.54. The van der Waals surface area contributed by atoms with Gasteiger partial charge in [0.25, 0.3) is 5.56 Å². The number of H-pyrrole nitrogens is 1. The van der Waals surface area contributed by atoms with E-state index in [-0.39, 0.29) is 5.56 Å². The van der Waals surface area contributed by atoms with E-state index in [1.165, 1.54) is 10.2 Å². The van der Waals surface area contributed by atoms with Gasteiger partial charge in [0, 0.05) is 12.3 Å². The van der Waals surface area contributed by atoms with E-state index in [0.29, 0.717) is 5.69 Å². The molecule has 0 amide bonds. The Hall–Kier alpha value is -2.62. The van der Waals surface area contributed by atoms with Crippen molar-refractivity contribution in [2.45, 2.75) is 13.8 Å². The molecule has 100 valence electrons. The highest BCUT2D eigenvalue weighted by Gasteiger charge is 2.08. The number of hydrogen-bond acceptors (Lipinski definition) is 2. The van der Waals surface area contributed by atoms with Gasteiger partial charge in [0.05, 0.1) is 17.1 Å². The molecule has 0 fully saturated rings. The molecule has 0 saturated heterocycles. The molecule has 2 aromatic heterocycles. The van der Waals surface area contributed by atoms with Crippen LogP contribution in [0.15, 0.2) is 53.5 Å². The lowest BCUT2D eigenvalue weighted by atomic mass is 10.1. The molecule has 4 heteroatoms. The Morgan fingerprint density at radius 3 is 2.60 bits per heavy atom. The van der Waals surface area contributed by atoms with Crippen molar-refractivity contribution in [1.29, 1.82) is 0 Å².